The van der Waals surface area contributed by atoms with Crippen LogP contribution in [-0.2, 0) is 0 Å². The summed E-state index contributed by atoms with van der Waals surface area (Å²) in [5.41, 5.74) is 0. The molecule has 0 spiro atoms. The zero-order valence-corrected chi connectivity index (χ0v) is 7.69. The van der Waals surface area contributed by atoms with Crippen LogP contribution in [0.2, 0.25) is 0 Å². The van der Waals surface area contributed by atoms with Crippen molar-refractivity contribution in [1.29, 1.82) is 0 Å². The SMILES string of the molecule is CC(C)C(C)Oc1cnccn1. The summed E-state index contributed by atoms with van der Waals surface area (Å²) >= 11 is 0. The molecule has 1 aromatic heterocycles. The monoisotopic (exact) mass is 166 g/mol. The highest BCUT2D eigenvalue weighted by Crippen LogP contribution is 2.10. The van der Waals surface area contributed by atoms with Crippen LogP contribution in [-0.4, -0.2) is 16.1 Å². The van der Waals surface area contributed by atoms with E-state index < -0.39 is 0 Å². The van der Waals surface area contributed by atoms with E-state index in [4.69, 9.17) is 4.74 Å². The first-order valence-corrected chi connectivity index (χ1v) is 4.13. The van der Waals surface area contributed by atoms with Crippen LogP contribution >= 0.6 is 0 Å². The maximum absolute atomic E-state index is 5.50. The molecule has 0 aliphatic heterocycles. The van der Waals surface area contributed by atoms with Gasteiger partial charge in [0.15, 0.2) is 0 Å². The molecule has 0 saturated carbocycles. The smallest absolute Gasteiger partial charge is 0.232 e. The van der Waals surface area contributed by atoms with E-state index in [1.165, 1.54) is 0 Å². The minimum Gasteiger partial charge on any atom is -0.473 e. The minimum atomic E-state index is 0.182. The van der Waals surface area contributed by atoms with Gasteiger partial charge in [0.2, 0.25) is 5.88 Å². The first-order valence-electron chi connectivity index (χ1n) is 4.13. The van der Waals surface area contributed by atoms with E-state index in [9.17, 15) is 0 Å². The van der Waals surface area contributed by atoms with Crippen LogP contribution in [0.25, 0.3) is 0 Å². The third kappa shape index (κ3) is 2.49. The minimum absolute atomic E-state index is 0.182. The second-order valence-corrected chi connectivity index (χ2v) is 3.11. The van der Waals surface area contributed by atoms with Crippen molar-refractivity contribution in [3.63, 3.8) is 0 Å². The van der Waals surface area contributed by atoms with Gasteiger partial charge in [0, 0.05) is 12.4 Å². The summed E-state index contributed by atoms with van der Waals surface area (Å²) in [6.45, 7) is 6.25. The first kappa shape index (κ1) is 8.97. The van der Waals surface area contributed by atoms with Gasteiger partial charge in [0.1, 0.15) is 0 Å². The standard InChI is InChI=1S/C9H14N2O/c1-7(2)8(3)12-9-6-10-4-5-11-9/h4-8H,1-3H3. The van der Waals surface area contributed by atoms with Crippen LogP contribution in [0.5, 0.6) is 5.88 Å². The second kappa shape index (κ2) is 4.04. The number of nitrogens with zero attached hydrogens (tertiary/aromatic N) is 2. The van der Waals surface area contributed by atoms with Crippen molar-refractivity contribution in [2.75, 3.05) is 0 Å². The summed E-state index contributed by atoms with van der Waals surface area (Å²) < 4.78 is 5.50. The van der Waals surface area contributed by atoms with Gasteiger partial charge in [-0.1, -0.05) is 13.8 Å². The van der Waals surface area contributed by atoms with E-state index in [1.807, 2.05) is 6.92 Å². The van der Waals surface area contributed by atoms with Gasteiger partial charge in [-0.25, -0.2) is 4.98 Å². The normalized spacial score (nSPS) is 13.0. The molecule has 0 aliphatic rings. The van der Waals surface area contributed by atoms with Crippen molar-refractivity contribution < 1.29 is 4.74 Å². The number of aromatic nitrogens is 2. The molecular weight excluding hydrogens is 152 g/mol. The molecule has 0 bridgehead atoms. The Kier molecular flexibility index (Phi) is 3.02. The molecule has 3 heteroatoms. The average Bonchev–Trinajstić information content (AvgIpc) is 2.06. The van der Waals surface area contributed by atoms with Gasteiger partial charge < -0.3 is 4.74 Å². The number of hydrogen-bond acceptors (Lipinski definition) is 3. The van der Waals surface area contributed by atoms with Crippen molar-refractivity contribution in [2.24, 2.45) is 5.92 Å². The lowest BCUT2D eigenvalue weighted by molar-refractivity contribution is 0.162. The molecule has 1 heterocycles. The highest BCUT2D eigenvalue weighted by atomic mass is 16.5. The van der Waals surface area contributed by atoms with E-state index in [1.54, 1.807) is 18.6 Å². The summed E-state index contributed by atoms with van der Waals surface area (Å²) in [6.07, 6.45) is 5.07. The molecule has 1 rings (SSSR count). The Morgan fingerprint density at radius 3 is 2.50 bits per heavy atom. The van der Waals surface area contributed by atoms with E-state index in [2.05, 4.69) is 23.8 Å². The molecule has 0 amide bonds. The summed E-state index contributed by atoms with van der Waals surface area (Å²) in [5, 5.41) is 0. The third-order valence-electron chi connectivity index (χ3n) is 1.78. The Morgan fingerprint density at radius 1 is 1.25 bits per heavy atom. The molecule has 0 N–H and O–H groups in total. The molecule has 0 fully saturated rings. The predicted octanol–water partition coefficient (Wildman–Crippen LogP) is 1.90. The summed E-state index contributed by atoms with van der Waals surface area (Å²) in [6, 6.07) is 0. The highest BCUT2D eigenvalue weighted by molar-refractivity contribution is 5.01. The second-order valence-electron chi connectivity index (χ2n) is 3.11. The molecule has 1 unspecified atom stereocenters. The Bertz CT molecular complexity index is 223. The van der Waals surface area contributed by atoms with E-state index >= 15 is 0 Å². The van der Waals surface area contributed by atoms with Crippen LogP contribution in [0.4, 0.5) is 0 Å². The molecule has 66 valence electrons. The van der Waals surface area contributed by atoms with Crippen LogP contribution in [0.1, 0.15) is 20.8 Å². The van der Waals surface area contributed by atoms with Gasteiger partial charge >= 0.3 is 0 Å². The topological polar surface area (TPSA) is 35.0 Å². The van der Waals surface area contributed by atoms with Gasteiger partial charge in [0.25, 0.3) is 0 Å². The highest BCUT2D eigenvalue weighted by Gasteiger charge is 2.08. The summed E-state index contributed by atoms with van der Waals surface area (Å²) in [4.78, 5) is 7.93. The molecule has 1 atom stereocenters. The molecule has 0 radical (unpaired) electrons. The molecule has 1 aromatic rings. The van der Waals surface area contributed by atoms with Gasteiger partial charge in [-0.2, -0.15) is 0 Å². The van der Waals surface area contributed by atoms with Crippen molar-refractivity contribution in [1.82, 2.24) is 9.97 Å². The largest absolute Gasteiger partial charge is 0.473 e. The van der Waals surface area contributed by atoms with Crippen molar-refractivity contribution in [3.05, 3.63) is 18.6 Å². The van der Waals surface area contributed by atoms with Crippen LogP contribution in [0, 0.1) is 5.92 Å². The van der Waals surface area contributed by atoms with Crippen LogP contribution in [0.3, 0.4) is 0 Å². The van der Waals surface area contributed by atoms with Crippen LogP contribution < -0.4 is 4.74 Å². The molecule has 0 aromatic carbocycles. The van der Waals surface area contributed by atoms with Gasteiger partial charge in [0.05, 0.1) is 12.3 Å². The average molecular weight is 166 g/mol. The Balaban J connectivity index is 2.53. The molecule has 0 saturated heterocycles. The Morgan fingerprint density at radius 2 is 2.00 bits per heavy atom. The van der Waals surface area contributed by atoms with Gasteiger partial charge in [-0.15, -0.1) is 0 Å². The van der Waals surface area contributed by atoms with E-state index in [0.29, 0.717) is 11.8 Å². The fraction of sp³-hybridized carbons (Fsp3) is 0.556. The maximum atomic E-state index is 5.50. The Labute approximate surface area is 72.8 Å². The zero-order valence-electron chi connectivity index (χ0n) is 7.69. The number of ether oxygens (including phenoxy) is 1. The van der Waals surface area contributed by atoms with Gasteiger partial charge in [-0.05, 0) is 12.8 Å². The lowest BCUT2D eigenvalue weighted by atomic mass is 10.1. The van der Waals surface area contributed by atoms with Crippen LogP contribution in [0.15, 0.2) is 18.6 Å². The molecule has 0 aliphatic carbocycles. The van der Waals surface area contributed by atoms with Crippen molar-refractivity contribution in [2.45, 2.75) is 26.9 Å². The first-order chi connectivity index (χ1) is 5.70. The summed E-state index contributed by atoms with van der Waals surface area (Å²) in [5.74, 6) is 1.09. The zero-order chi connectivity index (χ0) is 8.97. The van der Waals surface area contributed by atoms with E-state index in [0.717, 1.165) is 0 Å². The molecule has 12 heavy (non-hydrogen) atoms. The summed E-state index contributed by atoms with van der Waals surface area (Å²) in [7, 11) is 0. The lowest BCUT2D eigenvalue weighted by Gasteiger charge is -2.16. The Hall–Kier alpha value is -1.12. The lowest BCUT2D eigenvalue weighted by Crippen LogP contribution is -2.19. The van der Waals surface area contributed by atoms with E-state index in [-0.39, 0.29) is 6.10 Å². The fourth-order valence-electron chi connectivity index (χ4n) is 0.673. The van der Waals surface area contributed by atoms with Crippen molar-refractivity contribution >= 4 is 0 Å². The van der Waals surface area contributed by atoms with Gasteiger partial charge in [-0.3, -0.25) is 4.98 Å². The number of rotatable bonds is 3. The third-order valence-corrected chi connectivity index (χ3v) is 1.78. The van der Waals surface area contributed by atoms with Crippen molar-refractivity contribution in [3.8, 4) is 5.88 Å². The quantitative estimate of drug-likeness (QED) is 0.687. The maximum Gasteiger partial charge on any atom is 0.232 e. The number of hydrogen-bond donors (Lipinski definition) is 0. The molecular formula is C9H14N2O. The fourth-order valence-corrected chi connectivity index (χ4v) is 0.673. The molecule has 3 nitrogen and oxygen atoms in total. The predicted molar refractivity (Wildman–Crippen MR) is 47.0 cm³/mol.